The van der Waals surface area contributed by atoms with Crippen LogP contribution in [0.3, 0.4) is 0 Å². The number of hydrogen-bond donors (Lipinski definition) is 1. The minimum atomic E-state index is 0.223. The van der Waals surface area contributed by atoms with E-state index in [0.29, 0.717) is 17.9 Å². The quantitative estimate of drug-likeness (QED) is 0.754. The molecule has 1 rings (SSSR count). The highest BCUT2D eigenvalue weighted by Crippen LogP contribution is 2.24. The third-order valence-electron chi connectivity index (χ3n) is 3.75. The molecule has 1 aliphatic carbocycles. The van der Waals surface area contributed by atoms with Crippen LogP contribution in [0.25, 0.3) is 0 Å². The summed E-state index contributed by atoms with van der Waals surface area (Å²) in [5.74, 6) is 0.407. The lowest BCUT2D eigenvalue weighted by molar-refractivity contribution is -0.121. The van der Waals surface area contributed by atoms with E-state index in [0.717, 1.165) is 45.1 Å². The van der Waals surface area contributed by atoms with Crippen molar-refractivity contribution in [2.24, 2.45) is 0 Å². The standard InChI is InChI=1S/C13H25NO2/c1-3-11(4-2)14(9-10-15)12-5-7-13(16)8-6-12/h11-12,15H,3-10H2,1-2H3. The molecule has 1 saturated carbocycles. The maximum atomic E-state index is 11.2. The molecular weight excluding hydrogens is 202 g/mol. The molecule has 0 aromatic rings. The van der Waals surface area contributed by atoms with Crippen LogP contribution in [-0.4, -0.2) is 41.0 Å². The number of hydrogen-bond acceptors (Lipinski definition) is 3. The molecule has 0 spiro atoms. The van der Waals surface area contributed by atoms with Gasteiger partial charge in [-0.25, -0.2) is 0 Å². The van der Waals surface area contributed by atoms with Gasteiger partial charge >= 0.3 is 0 Å². The number of ketones is 1. The lowest BCUT2D eigenvalue weighted by atomic mass is 9.91. The van der Waals surface area contributed by atoms with Gasteiger partial charge in [-0.3, -0.25) is 9.69 Å². The van der Waals surface area contributed by atoms with Crippen LogP contribution in [0.4, 0.5) is 0 Å². The van der Waals surface area contributed by atoms with E-state index in [4.69, 9.17) is 5.11 Å². The van der Waals surface area contributed by atoms with Crippen molar-refractivity contribution in [1.82, 2.24) is 4.90 Å². The smallest absolute Gasteiger partial charge is 0.133 e. The number of rotatable bonds is 6. The molecule has 0 aliphatic heterocycles. The monoisotopic (exact) mass is 227 g/mol. The fourth-order valence-electron chi connectivity index (χ4n) is 2.79. The van der Waals surface area contributed by atoms with Gasteiger partial charge in [0.05, 0.1) is 6.61 Å². The Labute approximate surface area is 98.8 Å². The summed E-state index contributed by atoms with van der Waals surface area (Å²) in [7, 11) is 0. The molecule has 0 aromatic heterocycles. The Morgan fingerprint density at radius 3 is 2.31 bits per heavy atom. The van der Waals surface area contributed by atoms with Crippen molar-refractivity contribution in [3.63, 3.8) is 0 Å². The summed E-state index contributed by atoms with van der Waals surface area (Å²) in [6, 6.07) is 1.07. The second-order valence-electron chi connectivity index (χ2n) is 4.70. The third kappa shape index (κ3) is 3.56. The first-order chi connectivity index (χ1) is 7.72. The predicted octanol–water partition coefficient (Wildman–Crippen LogP) is 1.98. The summed E-state index contributed by atoms with van der Waals surface area (Å²) in [5, 5.41) is 9.15. The predicted molar refractivity (Wildman–Crippen MR) is 65.4 cm³/mol. The van der Waals surface area contributed by atoms with E-state index in [1.165, 1.54) is 0 Å². The van der Waals surface area contributed by atoms with Gasteiger partial charge in [-0.1, -0.05) is 13.8 Å². The molecule has 94 valence electrons. The molecular formula is C13H25NO2. The molecule has 0 atom stereocenters. The van der Waals surface area contributed by atoms with Gasteiger partial charge in [-0.05, 0) is 25.7 Å². The summed E-state index contributed by atoms with van der Waals surface area (Å²) in [6.07, 6.45) is 5.67. The lowest BCUT2D eigenvalue weighted by Gasteiger charge is -2.38. The molecule has 0 heterocycles. The highest BCUT2D eigenvalue weighted by molar-refractivity contribution is 5.79. The zero-order chi connectivity index (χ0) is 12.0. The Kier molecular flexibility index (Phi) is 5.99. The highest BCUT2D eigenvalue weighted by Gasteiger charge is 2.27. The SMILES string of the molecule is CCC(CC)N(CCO)C1CCC(=O)CC1. The first kappa shape index (κ1) is 13.7. The molecule has 0 unspecified atom stereocenters. The van der Waals surface area contributed by atoms with Gasteiger partial charge in [0, 0.05) is 31.5 Å². The van der Waals surface area contributed by atoms with Crippen LogP contribution in [0.2, 0.25) is 0 Å². The molecule has 1 N–H and O–H groups in total. The second kappa shape index (κ2) is 7.02. The molecule has 0 saturated heterocycles. The molecule has 16 heavy (non-hydrogen) atoms. The molecule has 3 nitrogen and oxygen atoms in total. The van der Waals surface area contributed by atoms with Crippen LogP contribution < -0.4 is 0 Å². The Morgan fingerprint density at radius 2 is 1.88 bits per heavy atom. The zero-order valence-electron chi connectivity index (χ0n) is 10.6. The van der Waals surface area contributed by atoms with E-state index in [2.05, 4.69) is 18.7 Å². The Balaban J connectivity index is 2.57. The molecule has 0 bridgehead atoms. The zero-order valence-corrected chi connectivity index (χ0v) is 10.6. The van der Waals surface area contributed by atoms with Crippen LogP contribution in [0, 0.1) is 0 Å². The van der Waals surface area contributed by atoms with Crippen LogP contribution in [0.5, 0.6) is 0 Å². The van der Waals surface area contributed by atoms with Crippen LogP contribution in [0.15, 0.2) is 0 Å². The Morgan fingerprint density at radius 1 is 1.31 bits per heavy atom. The van der Waals surface area contributed by atoms with Crippen LogP contribution in [-0.2, 0) is 4.79 Å². The van der Waals surface area contributed by atoms with Crippen molar-refractivity contribution in [2.75, 3.05) is 13.2 Å². The molecule has 0 amide bonds. The number of carbonyl (C=O) groups excluding carboxylic acids is 1. The summed E-state index contributed by atoms with van der Waals surface area (Å²) in [5.41, 5.74) is 0. The van der Waals surface area contributed by atoms with E-state index in [1.54, 1.807) is 0 Å². The maximum absolute atomic E-state index is 11.2. The number of carbonyl (C=O) groups is 1. The second-order valence-corrected chi connectivity index (χ2v) is 4.70. The minimum absolute atomic E-state index is 0.223. The molecule has 1 fully saturated rings. The van der Waals surface area contributed by atoms with Gasteiger partial charge < -0.3 is 5.11 Å². The van der Waals surface area contributed by atoms with Crippen molar-refractivity contribution in [3.8, 4) is 0 Å². The molecule has 3 heteroatoms. The third-order valence-corrected chi connectivity index (χ3v) is 3.75. The van der Waals surface area contributed by atoms with Gasteiger partial charge in [0.2, 0.25) is 0 Å². The Bertz CT molecular complexity index is 204. The van der Waals surface area contributed by atoms with Crippen molar-refractivity contribution in [3.05, 3.63) is 0 Å². The average Bonchev–Trinajstić information content (AvgIpc) is 2.31. The number of Topliss-reactive ketones (excluding diaryl/α,β-unsaturated/α-hetero) is 1. The average molecular weight is 227 g/mol. The van der Waals surface area contributed by atoms with Gasteiger partial charge in [-0.2, -0.15) is 0 Å². The summed E-state index contributed by atoms with van der Waals surface area (Å²) >= 11 is 0. The topological polar surface area (TPSA) is 40.5 Å². The molecule has 1 aliphatic rings. The number of nitrogens with zero attached hydrogens (tertiary/aromatic N) is 1. The van der Waals surface area contributed by atoms with Gasteiger partial charge in [0.25, 0.3) is 0 Å². The van der Waals surface area contributed by atoms with Gasteiger partial charge in [0.15, 0.2) is 0 Å². The Hall–Kier alpha value is -0.410. The van der Waals surface area contributed by atoms with Crippen LogP contribution >= 0.6 is 0 Å². The highest BCUT2D eigenvalue weighted by atomic mass is 16.3. The first-order valence-corrected chi connectivity index (χ1v) is 6.61. The first-order valence-electron chi connectivity index (χ1n) is 6.61. The lowest BCUT2D eigenvalue weighted by Crippen LogP contribution is -2.46. The van der Waals surface area contributed by atoms with E-state index in [1.807, 2.05) is 0 Å². The van der Waals surface area contributed by atoms with Crippen molar-refractivity contribution in [1.29, 1.82) is 0 Å². The van der Waals surface area contributed by atoms with Crippen molar-refractivity contribution < 1.29 is 9.90 Å². The van der Waals surface area contributed by atoms with Gasteiger partial charge in [-0.15, -0.1) is 0 Å². The fourth-order valence-corrected chi connectivity index (χ4v) is 2.79. The normalized spacial score (nSPS) is 18.7. The van der Waals surface area contributed by atoms with Crippen molar-refractivity contribution in [2.45, 2.75) is 64.5 Å². The number of aliphatic hydroxyl groups excluding tert-OH is 1. The van der Waals surface area contributed by atoms with E-state index in [-0.39, 0.29) is 6.61 Å². The van der Waals surface area contributed by atoms with E-state index in [9.17, 15) is 4.79 Å². The molecule has 0 aromatic carbocycles. The summed E-state index contributed by atoms with van der Waals surface area (Å²) < 4.78 is 0. The van der Waals surface area contributed by atoms with E-state index >= 15 is 0 Å². The number of aliphatic hydroxyl groups is 1. The largest absolute Gasteiger partial charge is 0.395 e. The summed E-state index contributed by atoms with van der Waals surface area (Å²) in [6.45, 7) is 5.38. The molecule has 0 radical (unpaired) electrons. The summed E-state index contributed by atoms with van der Waals surface area (Å²) in [4.78, 5) is 13.7. The fraction of sp³-hybridized carbons (Fsp3) is 0.923. The van der Waals surface area contributed by atoms with E-state index < -0.39 is 0 Å². The van der Waals surface area contributed by atoms with Crippen LogP contribution in [0.1, 0.15) is 52.4 Å². The van der Waals surface area contributed by atoms with Gasteiger partial charge in [0.1, 0.15) is 5.78 Å². The maximum Gasteiger partial charge on any atom is 0.133 e. The van der Waals surface area contributed by atoms with Crippen molar-refractivity contribution >= 4 is 5.78 Å². The minimum Gasteiger partial charge on any atom is -0.395 e.